The van der Waals surface area contributed by atoms with E-state index >= 15 is 0 Å². The van der Waals surface area contributed by atoms with Gasteiger partial charge < -0.3 is 5.32 Å². The number of halogens is 2. The van der Waals surface area contributed by atoms with Crippen LogP contribution in [-0.4, -0.2) is 38.4 Å². The summed E-state index contributed by atoms with van der Waals surface area (Å²) in [6.45, 7) is 4.23. The molecule has 1 aliphatic heterocycles. The van der Waals surface area contributed by atoms with Gasteiger partial charge in [-0.05, 0) is 50.6 Å². The molecular weight excluding hydrogens is 376 g/mol. The maximum atomic E-state index is 13.0. The van der Waals surface area contributed by atoms with Crippen LogP contribution in [-0.2, 0) is 10.0 Å². The maximum Gasteiger partial charge on any atom is 0.244 e. The van der Waals surface area contributed by atoms with Crippen LogP contribution in [0.15, 0.2) is 27.6 Å². The van der Waals surface area contributed by atoms with Gasteiger partial charge in [0, 0.05) is 17.1 Å². The summed E-state index contributed by atoms with van der Waals surface area (Å²) in [6, 6.07) is 4.97. The monoisotopic (exact) mass is 394 g/mol. The molecule has 0 saturated carbocycles. The highest BCUT2D eigenvalue weighted by Gasteiger charge is 2.32. The lowest BCUT2D eigenvalue weighted by molar-refractivity contribution is 0.262. The fraction of sp³-hybridized carbons (Fsp3) is 0.571. The lowest BCUT2D eigenvalue weighted by Gasteiger charge is -2.33. The van der Waals surface area contributed by atoms with Crippen molar-refractivity contribution < 1.29 is 8.42 Å². The van der Waals surface area contributed by atoms with Gasteiger partial charge in [0.25, 0.3) is 0 Å². The molecule has 4 nitrogen and oxygen atoms in total. The van der Waals surface area contributed by atoms with Gasteiger partial charge in [0.1, 0.15) is 4.90 Å². The molecule has 0 aromatic heterocycles. The van der Waals surface area contributed by atoms with Crippen LogP contribution in [0, 0.1) is 0 Å². The lowest BCUT2D eigenvalue weighted by atomic mass is 10.1. The first kappa shape index (κ1) is 17.2. The first-order chi connectivity index (χ1) is 9.96. The van der Waals surface area contributed by atoms with Crippen molar-refractivity contribution >= 4 is 37.6 Å². The molecule has 0 amide bonds. The Hall–Kier alpha value is -0.140. The summed E-state index contributed by atoms with van der Waals surface area (Å²) >= 11 is 9.46. The summed E-state index contributed by atoms with van der Waals surface area (Å²) < 4.78 is 28.3. The number of benzene rings is 1. The topological polar surface area (TPSA) is 49.4 Å². The molecule has 2 rings (SSSR count). The van der Waals surface area contributed by atoms with Crippen molar-refractivity contribution in [2.45, 2.75) is 37.1 Å². The molecule has 1 heterocycles. The Kier molecular flexibility index (Phi) is 6.08. The lowest BCUT2D eigenvalue weighted by Crippen LogP contribution is -2.46. The molecule has 1 saturated heterocycles. The van der Waals surface area contributed by atoms with E-state index in [9.17, 15) is 8.42 Å². The minimum Gasteiger partial charge on any atom is -0.317 e. The second-order valence-electron chi connectivity index (χ2n) is 5.17. The van der Waals surface area contributed by atoms with E-state index in [4.69, 9.17) is 11.6 Å². The van der Waals surface area contributed by atoms with Crippen LogP contribution >= 0.6 is 27.5 Å². The van der Waals surface area contributed by atoms with E-state index < -0.39 is 10.0 Å². The SMILES string of the molecule is CCCN(C1CCNCC1)S(=O)(=O)c1ccc(Br)cc1Cl. The zero-order valence-electron chi connectivity index (χ0n) is 12.0. The highest BCUT2D eigenvalue weighted by molar-refractivity contribution is 9.10. The second-order valence-corrected chi connectivity index (χ2v) is 8.35. The average Bonchev–Trinajstić information content (AvgIpc) is 2.45. The van der Waals surface area contributed by atoms with E-state index in [1.54, 1.807) is 22.5 Å². The van der Waals surface area contributed by atoms with E-state index in [0.717, 1.165) is 36.8 Å². The number of piperidine rings is 1. The summed E-state index contributed by atoms with van der Waals surface area (Å²) in [5, 5.41) is 3.53. The quantitative estimate of drug-likeness (QED) is 0.832. The smallest absolute Gasteiger partial charge is 0.244 e. The molecule has 118 valence electrons. The molecule has 0 radical (unpaired) electrons. The standard InChI is InChI=1S/C14H20BrClN2O2S/c1-2-9-18(12-5-7-17-8-6-12)21(19,20)14-4-3-11(15)10-13(14)16/h3-4,10,12,17H,2,5-9H2,1H3. The van der Waals surface area contributed by atoms with E-state index in [1.165, 1.54) is 0 Å². The van der Waals surface area contributed by atoms with E-state index in [1.807, 2.05) is 6.92 Å². The fourth-order valence-corrected chi connectivity index (χ4v) is 5.41. The highest BCUT2D eigenvalue weighted by Crippen LogP contribution is 2.30. The summed E-state index contributed by atoms with van der Waals surface area (Å²) in [4.78, 5) is 0.194. The van der Waals surface area contributed by atoms with Crippen LogP contribution in [0.2, 0.25) is 5.02 Å². The third-order valence-electron chi connectivity index (χ3n) is 3.64. The Morgan fingerprint density at radius 2 is 2.05 bits per heavy atom. The number of hydrogen-bond donors (Lipinski definition) is 1. The number of rotatable bonds is 5. The molecule has 0 aliphatic carbocycles. The molecule has 1 aliphatic rings. The Bertz CT molecular complexity index is 589. The van der Waals surface area contributed by atoms with Gasteiger partial charge in [-0.15, -0.1) is 0 Å². The molecule has 0 spiro atoms. The van der Waals surface area contributed by atoms with Crippen molar-refractivity contribution in [2.75, 3.05) is 19.6 Å². The number of nitrogens with zero attached hydrogens (tertiary/aromatic N) is 1. The third-order valence-corrected chi connectivity index (χ3v) is 6.57. The summed E-state index contributed by atoms with van der Waals surface area (Å²) in [5.74, 6) is 0. The van der Waals surface area contributed by atoms with Gasteiger partial charge >= 0.3 is 0 Å². The van der Waals surface area contributed by atoms with Gasteiger partial charge in [0.2, 0.25) is 10.0 Å². The van der Waals surface area contributed by atoms with Gasteiger partial charge in [-0.1, -0.05) is 34.5 Å². The molecule has 1 fully saturated rings. The molecule has 1 aromatic carbocycles. The Morgan fingerprint density at radius 3 is 2.62 bits per heavy atom. The summed E-state index contributed by atoms with van der Waals surface area (Å²) in [6.07, 6.45) is 2.47. The molecular formula is C14H20BrClN2O2S. The number of sulfonamides is 1. The molecule has 0 atom stereocenters. The van der Waals surface area contributed by atoms with Crippen LogP contribution in [0.5, 0.6) is 0 Å². The first-order valence-electron chi connectivity index (χ1n) is 7.14. The predicted octanol–water partition coefficient (Wildman–Crippen LogP) is 3.26. The largest absolute Gasteiger partial charge is 0.317 e. The molecule has 1 N–H and O–H groups in total. The Labute approximate surface area is 140 Å². The summed E-state index contributed by atoms with van der Waals surface area (Å²) in [7, 11) is -3.56. The molecule has 0 unspecified atom stereocenters. The van der Waals surface area contributed by atoms with Crippen LogP contribution in [0.1, 0.15) is 26.2 Å². The Balaban J connectivity index is 2.36. The average molecular weight is 396 g/mol. The fourth-order valence-electron chi connectivity index (χ4n) is 2.62. The Morgan fingerprint density at radius 1 is 1.38 bits per heavy atom. The van der Waals surface area contributed by atoms with Crippen molar-refractivity contribution in [3.05, 3.63) is 27.7 Å². The second kappa shape index (κ2) is 7.42. The zero-order valence-corrected chi connectivity index (χ0v) is 15.1. The van der Waals surface area contributed by atoms with Gasteiger partial charge in [-0.2, -0.15) is 4.31 Å². The van der Waals surface area contributed by atoms with Crippen LogP contribution in [0.25, 0.3) is 0 Å². The number of nitrogens with one attached hydrogen (secondary N) is 1. The van der Waals surface area contributed by atoms with E-state index in [2.05, 4.69) is 21.2 Å². The van der Waals surface area contributed by atoms with Crippen molar-refractivity contribution in [1.29, 1.82) is 0 Å². The predicted molar refractivity (Wildman–Crippen MR) is 89.2 cm³/mol. The third kappa shape index (κ3) is 3.99. The first-order valence-corrected chi connectivity index (χ1v) is 9.75. The minimum atomic E-state index is -3.56. The van der Waals surface area contributed by atoms with Gasteiger partial charge in [-0.3, -0.25) is 0 Å². The van der Waals surface area contributed by atoms with Gasteiger partial charge in [0.05, 0.1) is 5.02 Å². The molecule has 1 aromatic rings. The van der Waals surface area contributed by atoms with Crippen molar-refractivity contribution in [2.24, 2.45) is 0 Å². The summed E-state index contributed by atoms with van der Waals surface area (Å²) in [5.41, 5.74) is 0. The zero-order chi connectivity index (χ0) is 15.5. The number of hydrogen-bond acceptors (Lipinski definition) is 3. The van der Waals surface area contributed by atoms with Crippen molar-refractivity contribution in [3.63, 3.8) is 0 Å². The van der Waals surface area contributed by atoms with Crippen LogP contribution < -0.4 is 5.32 Å². The van der Waals surface area contributed by atoms with Gasteiger partial charge in [0.15, 0.2) is 0 Å². The van der Waals surface area contributed by atoms with Crippen molar-refractivity contribution in [3.8, 4) is 0 Å². The molecule has 7 heteroatoms. The maximum absolute atomic E-state index is 13.0. The van der Waals surface area contributed by atoms with E-state index in [-0.39, 0.29) is 16.0 Å². The molecule has 0 bridgehead atoms. The van der Waals surface area contributed by atoms with Crippen molar-refractivity contribution in [1.82, 2.24) is 9.62 Å². The minimum absolute atomic E-state index is 0.0518. The normalized spacial score (nSPS) is 17.3. The highest BCUT2D eigenvalue weighted by atomic mass is 79.9. The van der Waals surface area contributed by atoms with Gasteiger partial charge in [-0.25, -0.2) is 8.42 Å². The van der Waals surface area contributed by atoms with Crippen LogP contribution in [0.4, 0.5) is 0 Å². The van der Waals surface area contributed by atoms with E-state index in [0.29, 0.717) is 6.54 Å². The van der Waals surface area contributed by atoms with Crippen LogP contribution in [0.3, 0.4) is 0 Å². The molecule has 21 heavy (non-hydrogen) atoms.